The minimum atomic E-state index is -0.442. The van der Waals surface area contributed by atoms with E-state index in [9.17, 15) is 19.1 Å². The van der Waals surface area contributed by atoms with E-state index in [-0.39, 0.29) is 36.2 Å². The molecule has 30 heavy (non-hydrogen) atoms. The molecule has 2 heterocycles. The largest absolute Gasteiger partial charge is 0.394 e. The predicted octanol–water partition coefficient (Wildman–Crippen LogP) is 3.18. The lowest BCUT2D eigenvalue weighted by molar-refractivity contribution is -0.202. The van der Waals surface area contributed by atoms with Crippen LogP contribution in [0.5, 0.6) is 0 Å². The van der Waals surface area contributed by atoms with E-state index < -0.39 is 5.54 Å². The molecule has 0 unspecified atom stereocenters. The van der Waals surface area contributed by atoms with Crippen LogP contribution in [0.3, 0.4) is 0 Å². The first-order valence-electron chi connectivity index (χ1n) is 10.5. The minimum Gasteiger partial charge on any atom is -0.394 e. The zero-order chi connectivity index (χ0) is 21.5. The molecular weight excluding hydrogens is 383 g/mol. The van der Waals surface area contributed by atoms with E-state index >= 15 is 0 Å². The van der Waals surface area contributed by atoms with E-state index in [0.717, 1.165) is 16.7 Å². The highest BCUT2D eigenvalue weighted by Crippen LogP contribution is 2.54. The van der Waals surface area contributed by atoms with Crippen LogP contribution in [0.4, 0.5) is 4.39 Å². The average molecular weight is 410 g/mol. The third-order valence-corrected chi connectivity index (χ3v) is 6.57. The Bertz CT molecular complexity index is 936. The van der Waals surface area contributed by atoms with E-state index in [1.807, 2.05) is 43.0 Å². The minimum absolute atomic E-state index is 0.0110. The van der Waals surface area contributed by atoms with Crippen molar-refractivity contribution in [3.05, 3.63) is 59.9 Å². The first-order valence-corrected chi connectivity index (χ1v) is 10.5. The SMILES string of the molecule is CCC(=O)N1CC2(C1)[C@@H](c1ccc(-c3ccc(F)cc3)cc1)[C@@H](CO)N2C(=O)CC. The summed E-state index contributed by atoms with van der Waals surface area (Å²) in [6.07, 6.45) is 0.814. The molecule has 0 aliphatic carbocycles. The lowest BCUT2D eigenvalue weighted by Gasteiger charge is -2.70. The van der Waals surface area contributed by atoms with E-state index in [0.29, 0.717) is 25.9 Å². The maximum atomic E-state index is 13.2. The third kappa shape index (κ3) is 3.10. The molecule has 1 spiro atoms. The summed E-state index contributed by atoms with van der Waals surface area (Å²) in [5.41, 5.74) is 2.51. The van der Waals surface area contributed by atoms with Gasteiger partial charge in [-0.25, -0.2) is 4.39 Å². The van der Waals surface area contributed by atoms with Gasteiger partial charge in [0.2, 0.25) is 11.8 Å². The van der Waals surface area contributed by atoms with Crippen LogP contribution in [0.25, 0.3) is 11.1 Å². The van der Waals surface area contributed by atoms with Crippen molar-refractivity contribution in [2.24, 2.45) is 0 Å². The Morgan fingerprint density at radius 3 is 2.00 bits per heavy atom. The highest BCUT2D eigenvalue weighted by atomic mass is 19.1. The van der Waals surface area contributed by atoms with Crippen molar-refractivity contribution in [3.63, 3.8) is 0 Å². The summed E-state index contributed by atoms with van der Waals surface area (Å²) in [7, 11) is 0. The van der Waals surface area contributed by atoms with E-state index in [2.05, 4.69) is 0 Å². The summed E-state index contributed by atoms with van der Waals surface area (Å²) >= 11 is 0. The van der Waals surface area contributed by atoms with Gasteiger partial charge in [-0.15, -0.1) is 0 Å². The van der Waals surface area contributed by atoms with Gasteiger partial charge in [-0.1, -0.05) is 50.2 Å². The van der Waals surface area contributed by atoms with Crippen molar-refractivity contribution in [1.82, 2.24) is 9.80 Å². The predicted molar refractivity (Wildman–Crippen MR) is 112 cm³/mol. The number of rotatable bonds is 5. The van der Waals surface area contributed by atoms with Gasteiger partial charge in [-0.05, 0) is 28.8 Å². The number of aliphatic hydroxyl groups excluding tert-OH is 1. The number of nitrogens with zero attached hydrogens (tertiary/aromatic N) is 2. The molecule has 0 saturated carbocycles. The van der Waals surface area contributed by atoms with Crippen LogP contribution in [-0.2, 0) is 9.59 Å². The molecule has 2 aliphatic heterocycles. The lowest BCUT2D eigenvalue weighted by Crippen LogP contribution is -2.85. The number of hydrogen-bond donors (Lipinski definition) is 1. The van der Waals surface area contributed by atoms with Crippen molar-refractivity contribution < 1.29 is 19.1 Å². The highest BCUT2D eigenvalue weighted by molar-refractivity contribution is 5.82. The summed E-state index contributed by atoms with van der Waals surface area (Å²) in [5, 5.41) is 10.1. The molecule has 1 N–H and O–H groups in total. The van der Waals surface area contributed by atoms with Gasteiger partial charge >= 0.3 is 0 Å². The molecule has 0 aromatic heterocycles. The van der Waals surface area contributed by atoms with Gasteiger partial charge in [-0.3, -0.25) is 9.59 Å². The number of carbonyl (C=O) groups excluding carboxylic acids is 2. The van der Waals surface area contributed by atoms with Crippen LogP contribution in [-0.4, -0.2) is 58.0 Å². The van der Waals surface area contributed by atoms with Gasteiger partial charge < -0.3 is 14.9 Å². The fourth-order valence-corrected chi connectivity index (χ4v) is 5.12. The van der Waals surface area contributed by atoms with Crippen LogP contribution < -0.4 is 0 Å². The van der Waals surface area contributed by atoms with E-state index in [1.54, 1.807) is 17.0 Å². The third-order valence-electron chi connectivity index (χ3n) is 6.57. The Morgan fingerprint density at radius 1 is 0.967 bits per heavy atom. The van der Waals surface area contributed by atoms with Crippen LogP contribution >= 0.6 is 0 Å². The molecule has 2 amide bonds. The van der Waals surface area contributed by atoms with Crippen molar-refractivity contribution in [2.75, 3.05) is 19.7 Å². The number of hydrogen-bond acceptors (Lipinski definition) is 3. The number of benzene rings is 2. The van der Waals surface area contributed by atoms with Crippen molar-refractivity contribution in [1.29, 1.82) is 0 Å². The topological polar surface area (TPSA) is 60.9 Å². The molecule has 2 aromatic rings. The van der Waals surface area contributed by atoms with Gasteiger partial charge in [-0.2, -0.15) is 0 Å². The highest BCUT2D eigenvalue weighted by Gasteiger charge is 2.67. The molecule has 0 radical (unpaired) electrons. The van der Waals surface area contributed by atoms with Gasteiger partial charge in [0, 0.05) is 31.8 Å². The number of aliphatic hydroxyl groups is 1. The maximum absolute atomic E-state index is 13.2. The first kappa shape index (κ1) is 20.5. The van der Waals surface area contributed by atoms with Gasteiger partial charge in [0.15, 0.2) is 0 Å². The Labute approximate surface area is 176 Å². The van der Waals surface area contributed by atoms with E-state index in [1.165, 1.54) is 12.1 Å². The zero-order valence-corrected chi connectivity index (χ0v) is 17.3. The molecule has 4 rings (SSSR count). The summed E-state index contributed by atoms with van der Waals surface area (Å²) in [5.74, 6) is -0.199. The fraction of sp³-hybridized carbons (Fsp3) is 0.417. The first-order chi connectivity index (χ1) is 14.4. The molecule has 2 aromatic carbocycles. The molecule has 2 saturated heterocycles. The van der Waals surface area contributed by atoms with Gasteiger partial charge in [0.25, 0.3) is 0 Å². The Balaban J connectivity index is 1.63. The number of amides is 2. The van der Waals surface area contributed by atoms with Gasteiger partial charge in [0.1, 0.15) is 5.82 Å². The summed E-state index contributed by atoms with van der Waals surface area (Å²) in [6.45, 7) is 4.56. The van der Waals surface area contributed by atoms with Crippen LogP contribution in [0, 0.1) is 5.82 Å². The number of carbonyl (C=O) groups is 2. The normalized spacial score (nSPS) is 21.9. The molecular formula is C24H27FN2O3. The summed E-state index contributed by atoms with van der Waals surface area (Å²) < 4.78 is 13.2. The second-order valence-electron chi connectivity index (χ2n) is 8.18. The average Bonchev–Trinajstić information content (AvgIpc) is 2.73. The Hall–Kier alpha value is -2.73. The molecule has 2 fully saturated rings. The molecule has 5 nitrogen and oxygen atoms in total. The maximum Gasteiger partial charge on any atom is 0.223 e. The van der Waals surface area contributed by atoms with E-state index in [4.69, 9.17) is 0 Å². The standard InChI is InChI=1S/C24H27FN2O3/c1-3-21(29)26-14-24(15-26)23(20(13-28)27(24)22(30)4-2)18-7-5-16(6-8-18)17-9-11-19(25)12-10-17/h5-12,20,23,28H,3-4,13-15H2,1-2H3/t20-,23+/m1/s1. The number of likely N-dealkylation sites (tertiary alicyclic amines) is 2. The Kier molecular flexibility index (Phi) is 5.36. The fourth-order valence-electron chi connectivity index (χ4n) is 5.12. The number of halogens is 1. The molecule has 158 valence electrons. The van der Waals surface area contributed by atoms with Crippen molar-refractivity contribution in [2.45, 2.75) is 44.2 Å². The zero-order valence-electron chi connectivity index (χ0n) is 17.3. The summed E-state index contributed by atoms with van der Waals surface area (Å²) in [6, 6.07) is 14.1. The van der Waals surface area contributed by atoms with Crippen molar-refractivity contribution in [3.8, 4) is 11.1 Å². The van der Waals surface area contributed by atoms with Gasteiger partial charge in [0.05, 0.1) is 18.2 Å². The monoisotopic (exact) mass is 410 g/mol. The molecule has 2 aliphatic rings. The van der Waals surface area contributed by atoms with Crippen LogP contribution in [0.1, 0.15) is 38.2 Å². The summed E-state index contributed by atoms with van der Waals surface area (Å²) in [4.78, 5) is 28.4. The molecule has 0 bridgehead atoms. The smallest absolute Gasteiger partial charge is 0.223 e. The second-order valence-corrected chi connectivity index (χ2v) is 8.18. The Morgan fingerprint density at radius 2 is 1.50 bits per heavy atom. The quantitative estimate of drug-likeness (QED) is 0.824. The molecule has 2 atom stereocenters. The lowest BCUT2D eigenvalue weighted by atomic mass is 9.60. The van der Waals surface area contributed by atoms with Crippen LogP contribution in [0.15, 0.2) is 48.5 Å². The molecule has 6 heteroatoms. The van der Waals surface area contributed by atoms with Crippen molar-refractivity contribution >= 4 is 11.8 Å². The second kappa shape index (κ2) is 7.84. The van der Waals surface area contributed by atoms with Crippen LogP contribution in [0.2, 0.25) is 0 Å².